The van der Waals surface area contributed by atoms with Crippen molar-refractivity contribution in [3.05, 3.63) is 59.5 Å². The summed E-state index contributed by atoms with van der Waals surface area (Å²) in [6, 6.07) is 8.78. The number of rotatable bonds is 3. The van der Waals surface area contributed by atoms with Gasteiger partial charge in [0.15, 0.2) is 0 Å². The molecule has 0 aliphatic carbocycles. The van der Waals surface area contributed by atoms with E-state index in [9.17, 15) is 8.42 Å². The molecule has 6 heteroatoms. The summed E-state index contributed by atoms with van der Waals surface area (Å²) in [5, 5.41) is 0. The zero-order chi connectivity index (χ0) is 15.9. The van der Waals surface area contributed by atoms with Gasteiger partial charge in [0.1, 0.15) is 5.65 Å². The van der Waals surface area contributed by atoms with Crippen molar-refractivity contribution < 1.29 is 8.42 Å². The number of hydrogen-bond acceptors (Lipinski definition) is 3. The first-order valence-electron chi connectivity index (χ1n) is 6.90. The van der Waals surface area contributed by atoms with E-state index in [2.05, 4.69) is 9.71 Å². The highest BCUT2D eigenvalue weighted by Crippen LogP contribution is 2.20. The van der Waals surface area contributed by atoms with E-state index in [4.69, 9.17) is 0 Å². The Balaban J connectivity index is 1.98. The molecule has 5 nitrogen and oxygen atoms in total. The third-order valence-electron chi connectivity index (χ3n) is 3.44. The number of anilines is 1. The molecule has 0 spiro atoms. The number of aryl methyl sites for hydroxylation is 3. The second kappa shape index (κ2) is 5.14. The molecule has 2 aromatic heterocycles. The zero-order valence-electron chi connectivity index (χ0n) is 12.7. The molecular formula is C16H17N3O2S. The van der Waals surface area contributed by atoms with Crippen LogP contribution in [0.2, 0.25) is 0 Å². The number of hydrogen-bond donors (Lipinski definition) is 1. The van der Waals surface area contributed by atoms with E-state index >= 15 is 0 Å². The van der Waals surface area contributed by atoms with Crippen molar-refractivity contribution in [2.45, 2.75) is 25.7 Å². The third-order valence-corrected chi connectivity index (χ3v) is 4.99. The summed E-state index contributed by atoms with van der Waals surface area (Å²) in [4.78, 5) is 4.61. The predicted octanol–water partition coefficient (Wildman–Crippen LogP) is 3.06. The van der Waals surface area contributed by atoms with Gasteiger partial charge in [-0.15, -0.1) is 0 Å². The number of nitrogens with zero attached hydrogens (tertiary/aromatic N) is 2. The van der Waals surface area contributed by atoms with Crippen LogP contribution in [-0.2, 0) is 10.0 Å². The van der Waals surface area contributed by atoms with Crippen LogP contribution in [0.1, 0.15) is 16.8 Å². The lowest BCUT2D eigenvalue weighted by molar-refractivity contribution is 0.600. The number of imidazole rings is 1. The molecule has 0 aliphatic heterocycles. The van der Waals surface area contributed by atoms with E-state index < -0.39 is 10.0 Å². The highest BCUT2D eigenvalue weighted by molar-refractivity contribution is 7.92. The summed E-state index contributed by atoms with van der Waals surface area (Å²) >= 11 is 0. The maximum absolute atomic E-state index is 12.5. The smallest absolute Gasteiger partial charge is 0.262 e. The average molecular weight is 315 g/mol. The lowest BCUT2D eigenvalue weighted by atomic mass is 10.2. The van der Waals surface area contributed by atoms with Crippen LogP contribution in [-0.4, -0.2) is 17.8 Å². The minimum Gasteiger partial charge on any atom is -0.305 e. The number of fused-ring (bicyclic) bond motifs is 1. The molecule has 0 atom stereocenters. The Morgan fingerprint density at radius 3 is 2.55 bits per heavy atom. The minimum absolute atomic E-state index is 0.292. The molecule has 3 rings (SSSR count). The van der Waals surface area contributed by atoms with E-state index in [1.807, 2.05) is 26.1 Å². The number of benzene rings is 1. The van der Waals surface area contributed by atoms with Gasteiger partial charge in [-0.3, -0.25) is 4.72 Å². The van der Waals surface area contributed by atoms with Gasteiger partial charge in [-0.25, -0.2) is 13.4 Å². The van der Waals surface area contributed by atoms with Gasteiger partial charge < -0.3 is 4.40 Å². The van der Waals surface area contributed by atoms with Gasteiger partial charge in [0.2, 0.25) is 0 Å². The molecule has 0 radical (unpaired) electrons. The molecule has 0 unspecified atom stereocenters. The lowest BCUT2D eigenvalue weighted by Gasteiger charge is -2.11. The van der Waals surface area contributed by atoms with Gasteiger partial charge in [-0.05, 0) is 44.5 Å². The second-order valence-corrected chi connectivity index (χ2v) is 7.09. The number of aromatic nitrogens is 2. The topological polar surface area (TPSA) is 63.5 Å². The summed E-state index contributed by atoms with van der Waals surface area (Å²) in [7, 11) is -3.61. The quantitative estimate of drug-likeness (QED) is 0.808. The van der Waals surface area contributed by atoms with Crippen LogP contribution in [0, 0.1) is 20.8 Å². The van der Waals surface area contributed by atoms with Crippen molar-refractivity contribution in [1.82, 2.24) is 9.38 Å². The van der Waals surface area contributed by atoms with Crippen molar-refractivity contribution in [2.24, 2.45) is 0 Å². The number of nitrogens with one attached hydrogen (secondary N) is 1. The molecule has 0 bridgehead atoms. The molecule has 0 saturated carbocycles. The molecule has 1 aromatic carbocycles. The van der Waals surface area contributed by atoms with Gasteiger partial charge in [0, 0.05) is 12.4 Å². The Morgan fingerprint density at radius 2 is 1.82 bits per heavy atom. The highest BCUT2D eigenvalue weighted by atomic mass is 32.2. The summed E-state index contributed by atoms with van der Waals surface area (Å²) in [5.74, 6) is 0. The van der Waals surface area contributed by atoms with E-state index in [1.165, 1.54) is 0 Å². The number of pyridine rings is 1. The molecule has 1 N–H and O–H groups in total. The Labute approximate surface area is 129 Å². The number of sulfonamides is 1. The fourth-order valence-electron chi connectivity index (χ4n) is 2.49. The van der Waals surface area contributed by atoms with Gasteiger partial charge >= 0.3 is 0 Å². The van der Waals surface area contributed by atoms with Gasteiger partial charge in [-0.1, -0.05) is 17.7 Å². The predicted molar refractivity (Wildman–Crippen MR) is 86.7 cm³/mol. The van der Waals surface area contributed by atoms with Crippen molar-refractivity contribution in [2.75, 3.05) is 4.72 Å². The Bertz CT molecular complexity index is 959. The summed E-state index contributed by atoms with van der Waals surface area (Å²) in [5.41, 5.74) is 3.94. The molecule has 0 saturated heterocycles. The SMILES string of the molecule is Cc1ccc(S(=O)(=O)Nc2ccc3nc(C)cn3c2)c(C)c1. The first kappa shape index (κ1) is 14.6. The van der Waals surface area contributed by atoms with Crippen LogP contribution >= 0.6 is 0 Å². The maximum Gasteiger partial charge on any atom is 0.262 e. The largest absolute Gasteiger partial charge is 0.305 e. The fraction of sp³-hybridized carbons (Fsp3) is 0.188. The van der Waals surface area contributed by atoms with Crippen molar-refractivity contribution in [3.8, 4) is 0 Å². The van der Waals surface area contributed by atoms with E-state index in [-0.39, 0.29) is 0 Å². The first-order valence-corrected chi connectivity index (χ1v) is 8.39. The molecule has 0 aliphatic rings. The molecule has 3 aromatic rings. The van der Waals surface area contributed by atoms with Gasteiger partial charge in [0.25, 0.3) is 10.0 Å². The van der Waals surface area contributed by atoms with Crippen molar-refractivity contribution >= 4 is 21.4 Å². The van der Waals surface area contributed by atoms with E-state index in [0.717, 1.165) is 22.5 Å². The maximum atomic E-state index is 12.5. The first-order chi connectivity index (χ1) is 10.3. The molecular weight excluding hydrogens is 298 g/mol. The normalized spacial score (nSPS) is 11.8. The highest BCUT2D eigenvalue weighted by Gasteiger charge is 2.17. The Kier molecular flexibility index (Phi) is 3.41. The molecule has 114 valence electrons. The average Bonchev–Trinajstić information content (AvgIpc) is 2.77. The van der Waals surface area contributed by atoms with Crippen molar-refractivity contribution in [3.63, 3.8) is 0 Å². The van der Waals surface area contributed by atoms with Crippen LogP contribution in [0.25, 0.3) is 5.65 Å². The standard InChI is InChI=1S/C16H17N3O2S/c1-11-4-6-15(12(2)8-11)22(20,21)18-14-5-7-16-17-13(3)9-19(16)10-14/h4-10,18H,1-3H3. The summed E-state index contributed by atoms with van der Waals surface area (Å²) in [6.07, 6.45) is 3.57. The lowest BCUT2D eigenvalue weighted by Crippen LogP contribution is -2.14. The second-order valence-electron chi connectivity index (χ2n) is 5.44. The zero-order valence-corrected chi connectivity index (χ0v) is 13.5. The van der Waals surface area contributed by atoms with E-state index in [0.29, 0.717) is 10.6 Å². The summed E-state index contributed by atoms with van der Waals surface area (Å²) < 4.78 is 29.5. The van der Waals surface area contributed by atoms with Crippen LogP contribution < -0.4 is 4.72 Å². The Morgan fingerprint density at radius 1 is 1.05 bits per heavy atom. The molecule has 2 heterocycles. The van der Waals surface area contributed by atoms with Crippen molar-refractivity contribution in [1.29, 1.82) is 0 Å². The van der Waals surface area contributed by atoms with Crippen LogP contribution in [0.3, 0.4) is 0 Å². The summed E-state index contributed by atoms with van der Waals surface area (Å²) in [6.45, 7) is 5.63. The molecule has 0 fully saturated rings. The fourth-order valence-corrected chi connectivity index (χ4v) is 3.76. The van der Waals surface area contributed by atoms with Crippen LogP contribution in [0.4, 0.5) is 5.69 Å². The van der Waals surface area contributed by atoms with Crippen LogP contribution in [0.15, 0.2) is 47.6 Å². The Hall–Kier alpha value is -2.34. The molecule has 0 amide bonds. The van der Waals surface area contributed by atoms with Gasteiger partial charge in [-0.2, -0.15) is 0 Å². The van der Waals surface area contributed by atoms with Gasteiger partial charge in [0.05, 0.1) is 16.3 Å². The third kappa shape index (κ3) is 2.69. The van der Waals surface area contributed by atoms with E-state index in [1.54, 1.807) is 41.8 Å². The molecule has 22 heavy (non-hydrogen) atoms. The van der Waals surface area contributed by atoms with Crippen LogP contribution in [0.5, 0.6) is 0 Å². The minimum atomic E-state index is -3.61. The monoisotopic (exact) mass is 315 g/mol.